The topological polar surface area (TPSA) is 68.9 Å². The van der Waals surface area contributed by atoms with Crippen molar-refractivity contribution < 1.29 is 4.79 Å². The second kappa shape index (κ2) is 3.34. The molecule has 0 aliphatic rings. The van der Waals surface area contributed by atoms with Crippen LogP contribution in [0.4, 0.5) is 5.82 Å². The lowest BCUT2D eigenvalue weighted by Crippen LogP contribution is -2.00. The lowest BCUT2D eigenvalue weighted by Gasteiger charge is -2.02. The van der Waals surface area contributed by atoms with Gasteiger partial charge in [0.15, 0.2) is 12.1 Å². The van der Waals surface area contributed by atoms with Crippen molar-refractivity contribution in [3.05, 3.63) is 28.5 Å². The van der Waals surface area contributed by atoms with Gasteiger partial charge in [-0.15, -0.1) is 0 Å². The first-order valence-corrected chi connectivity index (χ1v) is 4.68. The Morgan fingerprint density at radius 3 is 2.86 bits per heavy atom. The fraction of sp³-hybridized carbons (Fsp3) is 0. The van der Waals surface area contributed by atoms with Crippen molar-refractivity contribution in [2.45, 2.75) is 0 Å². The molecule has 1 aromatic heterocycles. The molecule has 1 heterocycles. The summed E-state index contributed by atoms with van der Waals surface area (Å²) in [4.78, 5) is 18.4. The van der Waals surface area contributed by atoms with Crippen LogP contribution in [0.1, 0.15) is 10.6 Å². The maximum absolute atomic E-state index is 10.5. The van der Waals surface area contributed by atoms with E-state index in [1.165, 1.54) is 0 Å². The number of nitrogens with two attached hydrogens (primary N) is 1. The maximum Gasteiger partial charge on any atom is 0.195 e. The first-order valence-electron chi connectivity index (χ1n) is 3.89. The lowest BCUT2D eigenvalue weighted by molar-refractivity contribution is 0.111. The summed E-state index contributed by atoms with van der Waals surface area (Å²) >= 11 is 3.33. The highest BCUT2D eigenvalue weighted by Crippen LogP contribution is 2.24. The number of anilines is 1. The van der Waals surface area contributed by atoms with E-state index in [4.69, 9.17) is 5.73 Å². The van der Waals surface area contributed by atoms with Crippen LogP contribution in [-0.4, -0.2) is 16.3 Å². The Morgan fingerprint density at radius 1 is 1.36 bits per heavy atom. The molecule has 4 nitrogen and oxygen atoms in total. The molecular weight excluding hydrogens is 246 g/mol. The summed E-state index contributed by atoms with van der Waals surface area (Å²) in [5, 5.41) is 0.741. The van der Waals surface area contributed by atoms with Gasteiger partial charge in [-0.25, -0.2) is 9.97 Å². The zero-order chi connectivity index (χ0) is 10.1. The molecule has 0 fully saturated rings. The van der Waals surface area contributed by atoms with Crippen LogP contribution in [0, 0.1) is 0 Å². The van der Waals surface area contributed by atoms with Crippen molar-refractivity contribution >= 4 is 38.9 Å². The fourth-order valence-corrected chi connectivity index (χ4v) is 1.67. The molecule has 1 aromatic carbocycles. The predicted molar refractivity (Wildman–Crippen MR) is 57.0 cm³/mol. The molecule has 2 rings (SSSR count). The van der Waals surface area contributed by atoms with E-state index in [-0.39, 0.29) is 5.82 Å². The number of hydrogen-bond donors (Lipinski definition) is 1. The average molecular weight is 252 g/mol. The van der Waals surface area contributed by atoms with Gasteiger partial charge in [0.05, 0.1) is 5.52 Å². The van der Waals surface area contributed by atoms with Gasteiger partial charge in [0.2, 0.25) is 0 Å². The Labute approximate surface area is 88.3 Å². The third kappa shape index (κ3) is 1.35. The predicted octanol–water partition coefficient (Wildman–Crippen LogP) is 1.79. The molecule has 0 unspecified atom stereocenters. The number of benzene rings is 1. The van der Waals surface area contributed by atoms with Gasteiger partial charge in [0, 0.05) is 9.86 Å². The van der Waals surface area contributed by atoms with E-state index >= 15 is 0 Å². The summed E-state index contributed by atoms with van der Waals surface area (Å²) in [5.41, 5.74) is 6.33. The smallest absolute Gasteiger partial charge is 0.195 e. The van der Waals surface area contributed by atoms with Crippen LogP contribution in [-0.2, 0) is 0 Å². The standard InChI is InChI=1S/C9H6BrN3O/c10-6-3-1-2-5-8(6)12-7(4-14)13-9(5)11/h1-4H,(H2,11,12,13). The highest BCUT2D eigenvalue weighted by Gasteiger charge is 2.06. The number of halogens is 1. The molecule has 70 valence electrons. The van der Waals surface area contributed by atoms with Crippen LogP contribution in [0.2, 0.25) is 0 Å². The molecule has 0 aliphatic heterocycles. The van der Waals surface area contributed by atoms with Crippen molar-refractivity contribution in [1.29, 1.82) is 0 Å². The van der Waals surface area contributed by atoms with Crippen LogP contribution in [0.15, 0.2) is 22.7 Å². The minimum atomic E-state index is 0.0990. The quantitative estimate of drug-likeness (QED) is 0.785. The highest BCUT2D eigenvalue weighted by molar-refractivity contribution is 9.10. The molecule has 0 amide bonds. The van der Waals surface area contributed by atoms with Gasteiger partial charge in [-0.3, -0.25) is 4.79 Å². The Kier molecular flexibility index (Phi) is 2.17. The van der Waals surface area contributed by atoms with Crippen LogP contribution in [0.3, 0.4) is 0 Å². The van der Waals surface area contributed by atoms with E-state index in [1.807, 2.05) is 18.2 Å². The third-order valence-corrected chi connectivity index (χ3v) is 2.47. The minimum absolute atomic E-state index is 0.0990. The van der Waals surface area contributed by atoms with Gasteiger partial charge in [0.1, 0.15) is 5.82 Å². The van der Waals surface area contributed by atoms with E-state index in [0.717, 1.165) is 9.86 Å². The monoisotopic (exact) mass is 251 g/mol. The normalized spacial score (nSPS) is 10.4. The van der Waals surface area contributed by atoms with Crippen molar-refractivity contribution in [3.8, 4) is 0 Å². The number of carbonyl (C=O) groups is 1. The lowest BCUT2D eigenvalue weighted by atomic mass is 10.2. The number of carbonyl (C=O) groups excluding carboxylic acids is 1. The van der Waals surface area contributed by atoms with Crippen LogP contribution < -0.4 is 5.73 Å². The number of aldehydes is 1. The van der Waals surface area contributed by atoms with E-state index in [9.17, 15) is 4.79 Å². The first-order chi connectivity index (χ1) is 6.72. The molecule has 2 N–H and O–H groups in total. The number of para-hydroxylation sites is 1. The summed E-state index contributed by atoms with van der Waals surface area (Å²) in [5.74, 6) is 0.417. The highest BCUT2D eigenvalue weighted by atomic mass is 79.9. The first kappa shape index (κ1) is 9.08. The van der Waals surface area contributed by atoms with E-state index in [0.29, 0.717) is 17.6 Å². The molecule has 0 bridgehead atoms. The summed E-state index contributed by atoms with van der Waals surface area (Å²) < 4.78 is 0.798. The number of fused-ring (bicyclic) bond motifs is 1. The summed E-state index contributed by atoms with van der Waals surface area (Å²) in [6, 6.07) is 5.49. The van der Waals surface area contributed by atoms with Crippen LogP contribution in [0.5, 0.6) is 0 Å². The summed E-state index contributed by atoms with van der Waals surface area (Å²) in [6.07, 6.45) is 0.579. The number of nitrogens with zero attached hydrogens (tertiary/aromatic N) is 2. The van der Waals surface area contributed by atoms with E-state index in [1.54, 1.807) is 0 Å². The molecule has 14 heavy (non-hydrogen) atoms. The zero-order valence-electron chi connectivity index (χ0n) is 7.07. The van der Waals surface area contributed by atoms with E-state index < -0.39 is 0 Å². The molecule has 0 saturated heterocycles. The molecule has 0 atom stereocenters. The van der Waals surface area contributed by atoms with Gasteiger partial charge in [-0.1, -0.05) is 6.07 Å². The number of aromatic nitrogens is 2. The molecule has 0 spiro atoms. The zero-order valence-corrected chi connectivity index (χ0v) is 8.65. The summed E-state index contributed by atoms with van der Waals surface area (Å²) in [7, 11) is 0. The SMILES string of the molecule is Nc1nc(C=O)nc2c(Br)cccc12. The Morgan fingerprint density at radius 2 is 2.14 bits per heavy atom. The van der Waals surface area contributed by atoms with Gasteiger partial charge >= 0.3 is 0 Å². The molecular formula is C9H6BrN3O. The number of nitrogen functional groups attached to an aromatic ring is 1. The third-order valence-electron chi connectivity index (χ3n) is 1.83. The van der Waals surface area contributed by atoms with Gasteiger partial charge in [-0.05, 0) is 28.1 Å². The average Bonchev–Trinajstić information content (AvgIpc) is 2.19. The maximum atomic E-state index is 10.5. The van der Waals surface area contributed by atoms with Crippen molar-refractivity contribution in [1.82, 2.24) is 9.97 Å². The number of hydrogen-bond acceptors (Lipinski definition) is 4. The van der Waals surface area contributed by atoms with Crippen LogP contribution >= 0.6 is 15.9 Å². The van der Waals surface area contributed by atoms with Gasteiger partial charge < -0.3 is 5.73 Å². The molecule has 5 heteroatoms. The summed E-state index contributed by atoms with van der Waals surface area (Å²) in [6.45, 7) is 0. The molecule has 0 saturated carbocycles. The second-order valence-electron chi connectivity index (χ2n) is 2.72. The van der Waals surface area contributed by atoms with Crippen molar-refractivity contribution in [3.63, 3.8) is 0 Å². The van der Waals surface area contributed by atoms with E-state index in [2.05, 4.69) is 25.9 Å². The van der Waals surface area contributed by atoms with Gasteiger partial charge in [-0.2, -0.15) is 0 Å². The van der Waals surface area contributed by atoms with Gasteiger partial charge in [0.25, 0.3) is 0 Å². The van der Waals surface area contributed by atoms with Crippen molar-refractivity contribution in [2.24, 2.45) is 0 Å². The fourth-order valence-electron chi connectivity index (χ4n) is 1.21. The molecule has 0 radical (unpaired) electrons. The minimum Gasteiger partial charge on any atom is -0.383 e. The molecule has 0 aliphatic carbocycles. The Balaban J connectivity index is 2.90. The van der Waals surface area contributed by atoms with Crippen LogP contribution in [0.25, 0.3) is 10.9 Å². The Bertz CT molecular complexity index is 513. The van der Waals surface area contributed by atoms with Crippen molar-refractivity contribution in [2.75, 3.05) is 5.73 Å². The second-order valence-corrected chi connectivity index (χ2v) is 3.58. The number of rotatable bonds is 1. The Hall–Kier alpha value is -1.49. The molecule has 2 aromatic rings. The largest absolute Gasteiger partial charge is 0.383 e.